The molecule has 2 rings (SSSR count). The lowest BCUT2D eigenvalue weighted by molar-refractivity contribution is 0.0696. The van der Waals surface area contributed by atoms with Gasteiger partial charge >= 0.3 is 5.97 Å². The summed E-state index contributed by atoms with van der Waals surface area (Å²) in [5, 5.41) is 12.7. The molecule has 0 bridgehead atoms. The Bertz CT molecular complexity index is 653. The average molecular weight is 330 g/mol. The first-order valence-corrected chi connectivity index (χ1v) is 5.98. The molecule has 1 heterocycles. The van der Waals surface area contributed by atoms with Gasteiger partial charge in [0.05, 0.1) is 12.7 Å². The SMILES string of the molecule is COc1cc(Br)cc(F)c1-c1noc(C)c1C(=O)O. The smallest absolute Gasteiger partial charge is 0.341 e. The second kappa shape index (κ2) is 5.00. The molecule has 1 N–H and O–H groups in total. The summed E-state index contributed by atoms with van der Waals surface area (Å²) >= 11 is 3.13. The zero-order valence-corrected chi connectivity index (χ0v) is 11.6. The number of carboxylic acids is 1. The first-order chi connectivity index (χ1) is 8.95. The van der Waals surface area contributed by atoms with Crippen molar-refractivity contribution in [2.45, 2.75) is 6.92 Å². The number of ether oxygens (including phenoxy) is 1. The number of rotatable bonds is 3. The molecule has 0 saturated heterocycles. The molecule has 0 saturated carbocycles. The zero-order chi connectivity index (χ0) is 14.2. The van der Waals surface area contributed by atoms with Crippen molar-refractivity contribution in [1.82, 2.24) is 5.16 Å². The van der Waals surface area contributed by atoms with Gasteiger partial charge in [-0.1, -0.05) is 21.1 Å². The van der Waals surface area contributed by atoms with Crippen molar-refractivity contribution in [3.05, 3.63) is 33.7 Å². The second-order valence-corrected chi connectivity index (χ2v) is 4.65. The molecule has 100 valence electrons. The number of carbonyl (C=O) groups is 1. The van der Waals surface area contributed by atoms with Gasteiger partial charge in [0.15, 0.2) is 0 Å². The molecular formula is C12H9BrFNO4. The van der Waals surface area contributed by atoms with E-state index in [4.69, 9.17) is 14.4 Å². The monoisotopic (exact) mass is 329 g/mol. The van der Waals surface area contributed by atoms with Gasteiger partial charge in [-0.05, 0) is 19.1 Å². The van der Waals surface area contributed by atoms with Crippen molar-refractivity contribution in [3.8, 4) is 17.0 Å². The summed E-state index contributed by atoms with van der Waals surface area (Å²) in [7, 11) is 1.36. The van der Waals surface area contributed by atoms with Crippen LogP contribution in [0.15, 0.2) is 21.1 Å². The molecule has 0 spiro atoms. The highest BCUT2D eigenvalue weighted by Gasteiger charge is 2.26. The van der Waals surface area contributed by atoms with Crippen LogP contribution >= 0.6 is 15.9 Å². The van der Waals surface area contributed by atoms with Crippen molar-refractivity contribution in [2.24, 2.45) is 0 Å². The van der Waals surface area contributed by atoms with Crippen LogP contribution in [0.5, 0.6) is 5.75 Å². The molecule has 2 aromatic rings. The third-order valence-corrected chi connectivity index (χ3v) is 3.01. The Morgan fingerprint density at radius 1 is 1.53 bits per heavy atom. The van der Waals surface area contributed by atoms with E-state index in [9.17, 15) is 9.18 Å². The molecule has 5 nitrogen and oxygen atoms in total. The van der Waals surface area contributed by atoms with Crippen LogP contribution in [0.4, 0.5) is 4.39 Å². The van der Waals surface area contributed by atoms with E-state index in [2.05, 4.69) is 21.1 Å². The molecule has 0 unspecified atom stereocenters. The van der Waals surface area contributed by atoms with Crippen LogP contribution in [0.1, 0.15) is 16.1 Å². The van der Waals surface area contributed by atoms with Crippen molar-refractivity contribution >= 4 is 21.9 Å². The summed E-state index contributed by atoms with van der Waals surface area (Å²) in [6.45, 7) is 1.45. The van der Waals surface area contributed by atoms with Crippen LogP contribution in [0.25, 0.3) is 11.3 Å². The summed E-state index contributed by atoms with van der Waals surface area (Å²) in [4.78, 5) is 11.2. The van der Waals surface area contributed by atoms with Crippen molar-refractivity contribution in [1.29, 1.82) is 0 Å². The molecule has 0 aliphatic rings. The van der Waals surface area contributed by atoms with Crippen LogP contribution in [0.3, 0.4) is 0 Å². The van der Waals surface area contributed by atoms with E-state index in [1.807, 2.05) is 0 Å². The van der Waals surface area contributed by atoms with E-state index in [1.165, 1.54) is 26.2 Å². The van der Waals surface area contributed by atoms with Gasteiger partial charge in [-0.3, -0.25) is 0 Å². The van der Waals surface area contributed by atoms with E-state index in [0.717, 1.165) is 0 Å². The van der Waals surface area contributed by atoms with E-state index in [0.29, 0.717) is 4.47 Å². The number of halogens is 2. The molecule has 1 aromatic carbocycles. The zero-order valence-electron chi connectivity index (χ0n) is 10.0. The number of hydrogen-bond acceptors (Lipinski definition) is 4. The minimum absolute atomic E-state index is 0.0417. The van der Waals surface area contributed by atoms with Gasteiger partial charge in [-0.25, -0.2) is 9.18 Å². The number of methoxy groups -OCH3 is 1. The molecule has 0 aliphatic carbocycles. The summed E-state index contributed by atoms with van der Waals surface area (Å²) < 4.78 is 24.4. The van der Waals surface area contributed by atoms with E-state index in [-0.39, 0.29) is 28.3 Å². The normalized spacial score (nSPS) is 10.5. The predicted octanol–water partition coefficient (Wildman–Crippen LogP) is 3.26. The number of aryl methyl sites for hydroxylation is 1. The topological polar surface area (TPSA) is 72.6 Å². The lowest BCUT2D eigenvalue weighted by atomic mass is 10.0. The Labute approximate surface area is 116 Å². The first kappa shape index (κ1) is 13.5. The Hall–Kier alpha value is -1.89. The highest BCUT2D eigenvalue weighted by molar-refractivity contribution is 9.10. The maximum atomic E-state index is 14.1. The number of carboxylic acid groups (broad SMARTS) is 1. The van der Waals surface area contributed by atoms with E-state index in [1.54, 1.807) is 0 Å². The number of aromatic nitrogens is 1. The summed E-state index contributed by atoms with van der Waals surface area (Å²) in [6.07, 6.45) is 0. The maximum absolute atomic E-state index is 14.1. The fraction of sp³-hybridized carbons (Fsp3) is 0.167. The molecule has 1 aromatic heterocycles. The number of hydrogen-bond donors (Lipinski definition) is 1. The highest BCUT2D eigenvalue weighted by Crippen LogP contribution is 2.37. The van der Waals surface area contributed by atoms with Gasteiger partial charge in [0, 0.05) is 4.47 Å². The molecular weight excluding hydrogens is 321 g/mol. The summed E-state index contributed by atoms with van der Waals surface area (Å²) in [5.41, 5.74) is -0.314. The van der Waals surface area contributed by atoms with Gasteiger partial charge in [0.25, 0.3) is 0 Å². The molecule has 0 atom stereocenters. The minimum Gasteiger partial charge on any atom is -0.496 e. The quantitative estimate of drug-likeness (QED) is 0.935. The Balaban J connectivity index is 2.76. The molecule has 19 heavy (non-hydrogen) atoms. The average Bonchev–Trinajstić information content (AvgIpc) is 2.69. The van der Waals surface area contributed by atoms with E-state index >= 15 is 0 Å². The number of benzene rings is 1. The third-order valence-electron chi connectivity index (χ3n) is 2.55. The maximum Gasteiger partial charge on any atom is 0.341 e. The Kier molecular flexibility index (Phi) is 3.57. The first-order valence-electron chi connectivity index (χ1n) is 5.18. The number of nitrogens with zero attached hydrogens (tertiary/aromatic N) is 1. The van der Waals surface area contributed by atoms with Crippen molar-refractivity contribution < 1.29 is 23.6 Å². The van der Waals surface area contributed by atoms with Gasteiger partial charge in [-0.2, -0.15) is 0 Å². The third kappa shape index (κ3) is 2.33. The van der Waals surface area contributed by atoms with Gasteiger partial charge < -0.3 is 14.4 Å². The van der Waals surface area contributed by atoms with Crippen LogP contribution in [-0.2, 0) is 0 Å². The van der Waals surface area contributed by atoms with Gasteiger partial charge in [0.1, 0.15) is 28.6 Å². The fourth-order valence-corrected chi connectivity index (χ4v) is 2.14. The summed E-state index contributed by atoms with van der Waals surface area (Å²) in [6, 6.07) is 2.72. The molecule has 0 fully saturated rings. The van der Waals surface area contributed by atoms with Crippen LogP contribution in [0.2, 0.25) is 0 Å². The lowest BCUT2D eigenvalue weighted by Crippen LogP contribution is -2.01. The van der Waals surface area contributed by atoms with Crippen LogP contribution < -0.4 is 4.74 Å². The fourth-order valence-electron chi connectivity index (χ4n) is 1.74. The highest BCUT2D eigenvalue weighted by atomic mass is 79.9. The molecule has 7 heteroatoms. The van der Waals surface area contributed by atoms with E-state index < -0.39 is 11.8 Å². The minimum atomic E-state index is -1.24. The standard InChI is InChI=1S/C12H9BrFNO4/c1-5-9(12(16)17)11(15-19-5)10-7(14)3-6(13)4-8(10)18-2/h3-4H,1-2H3,(H,16,17). The van der Waals surface area contributed by atoms with Crippen molar-refractivity contribution in [2.75, 3.05) is 7.11 Å². The largest absolute Gasteiger partial charge is 0.496 e. The van der Waals surface area contributed by atoms with Crippen LogP contribution in [0, 0.1) is 12.7 Å². The number of aromatic carboxylic acids is 1. The molecule has 0 aliphatic heterocycles. The van der Waals surface area contributed by atoms with Gasteiger partial charge in [0.2, 0.25) is 0 Å². The van der Waals surface area contributed by atoms with Crippen LogP contribution in [-0.4, -0.2) is 23.3 Å². The lowest BCUT2D eigenvalue weighted by Gasteiger charge is -2.08. The molecule has 0 radical (unpaired) electrons. The summed E-state index contributed by atoms with van der Waals surface area (Å²) in [5.74, 6) is -1.62. The molecule has 0 amide bonds. The predicted molar refractivity (Wildman–Crippen MR) is 67.8 cm³/mol. The second-order valence-electron chi connectivity index (χ2n) is 3.73. The van der Waals surface area contributed by atoms with Gasteiger partial charge in [-0.15, -0.1) is 0 Å². The Morgan fingerprint density at radius 3 is 2.79 bits per heavy atom. The Morgan fingerprint density at radius 2 is 2.21 bits per heavy atom. The van der Waals surface area contributed by atoms with Crippen molar-refractivity contribution in [3.63, 3.8) is 0 Å².